The molecule has 1 aromatic heterocycles. The highest BCUT2D eigenvalue weighted by Crippen LogP contribution is 2.18. The number of benzene rings is 2. The molecule has 0 spiro atoms. The monoisotopic (exact) mass is 423 g/mol. The first-order valence-corrected chi connectivity index (χ1v) is 10.8. The molecule has 1 atom stereocenters. The second-order valence-corrected chi connectivity index (χ2v) is 7.62. The molecule has 2 aromatic carbocycles. The van der Waals surface area contributed by atoms with E-state index in [1.54, 1.807) is 12.1 Å². The zero-order chi connectivity index (χ0) is 21.3. The predicted octanol–water partition coefficient (Wildman–Crippen LogP) is 3.20. The van der Waals surface area contributed by atoms with Crippen LogP contribution in [0, 0.1) is 0 Å². The molecule has 0 radical (unpaired) electrons. The van der Waals surface area contributed by atoms with Gasteiger partial charge in [-0.1, -0.05) is 60.3 Å². The lowest BCUT2D eigenvalue weighted by molar-refractivity contribution is -0.119. The third kappa shape index (κ3) is 5.70. The van der Waals surface area contributed by atoms with Crippen LogP contribution in [0.5, 0.6) is 0 Å². The van der Waals surface area contributed by atoms with Crippen molar-refractivity contribution in [2.75, 3.05) is 5.75 Å². The second kappa shape index (κ2) is 10.6. The van der Waals surface area contributed by atoms with Crippen molar-refractivity contribution in [3.8, 4) is 0 Å². The lowest BCUT2D eigenvalue weighted by Crippen LogP contribution is -2.28. The molecule has 0 fully saturated rings. The Labute approximate surface area is 180 Å². The van der Waals surface area contributed by atoms with Gasteiger partial charge in [0, 0.05) is 12.1 Å². The fourth-order valence-electron chi connectivity index (χ4n) is 2.96. The summed E-state index contributed by atoms with van der Waals surface area (Å²) in [4.78, 5) is 24.6. The van der Waals surface area contributed by atoms with Crippen molar-refractivity contribution in [3.63, 3.8) is 0 Å². The molecule has 1 heterocycles. The molecular weight excluding hydrogens is 398 g/mol. The Bertz CT molecular complexity index is 976. The first kappa shape index (κ1) is 21.6. The lowest BCUT2D eigenvalue weighted by Gasteiger charge is -2.14. The molecule has 156 valence electrons. The van der Waals surface area contributed by atoms with E-state index in [4.69, 9.17) is 0 Å². The van der Waals surface area contributed by atoms with Crippen LogP contribution in [0.15, 0.2) is 65.8 Å². The smallest absolute Gasteiger partial charge is 0.251 e. The quantitative estimate of drug-likeness (QED) is 0.516. The van der Waals surface area contributed by atoms with E-state index in [-0.39, 0.29) is 30.2 Å². The van der Waals surface area contributed by atoms with Crippen LogP contribution >= 0.6 is 11.8 Å². The molecule has 0 aliphatic heterocycles. The number of hydrogen-bond acceptors (Lipinski definition) is 5. The fourth-order valence-corrected chi connectivity index (χ4v) is 3.80. The maximum Gasteiger partial charge on any atom is 0.251 e. The Balaban J connectivity index is 1.53. The molecule has 0 bridgehead atoms. The van der Waals surface area contributed by atoms with Crippen molar-refractivity contribution < 1.29 is 9.59 Å². The highest BCUT2D eigenvalue weighted by atomic mass is 32.2. The van der Waals surface area contributed by atoms with Crippen molar-refractivity contribution >= 4 is 23.6 Å². The molecule has 0 saturated carbocycles. The van der Waals surface area contributed by atoms with Gasteiger partial charge in [-0.2, -0.15) is 0 Å². The molecule has 3 aromatic rings. The van der Waals surface area contributed by atoms with Crippen molar-refractivity contribution in [1.82, 2.24) is 25.4 Å². The lowest BCUT2D eigenvalue weighted by atomic mass is 10.1. The highest BCUT2D eigenvalue weighted by molar-refractivity contribution is 7.99. The maximum absolute atomic E-state index is 12.3. The molecule has 0 aliphatic rings. The molecule has 0 unspecified atom stereocenters. The maximum atomic E-state index is 12.3. The van der Waals surface area contributed by atoms with Crippen LogP contribution in [-0.2, 0) is 17.9 Å². The van der Waals surface area contributed by atoms with Crippen LogP contribution in [0.1, 0.15) is 41.6 Å². The van der Waals surface area contributed by atoms with E-state index >= 15 is 0 Å². The van der Waals surface area contributed by atoms with Gasteiger partial charge in [0.1, 0.15) is 0 Å². The minimum atomic E-state index is -0.162. The SMILES string of the molecule is CCn1c(CNC(=O)c2ccccc2)nnc1SCC(=O)N[C@H](C)c1ccccc1. The summed E-state index contributed by atoms with van der Waals surface area (Å²) in [5, 5.41) is 14.9. The van der Waals surface area contributed by atoms with Gasteiger partial charge in [-0.25, -0.2) is 0 Å². The molecule has 2 N–H and O–H groups in total. The van der Waals surface area contributed by atoms with E-state index in [2.05, 4.69) is 20.8 Å². The Morgan fingerprint density at radius 1 is 1.03 bits per heavy atom. The minimum Gasteiger partial charge on any atom is -0.349 e. The third-order valence-electron chi connectivity index (χ3n) is 4.56. The minimum absolute atomic E-state index is 0.0629. The summed E-state index contributed by atoms with van der Waals surface area (Å²) in [5.41, 5.74) is 1.66. The molecule has 0 aliphatic carbocycles. The van der Waals surface area contributed by atoms with Gasteiger partial charge in [0.2, 0.25) is 5.91 Å². The molecule has 8 heteroatoms. The number of nitrogens with one attached hydrogen (secondary N) is 2. The fraction of sp³-hybridized carbons (Fsp3) is 0.273. The van der Waals surface area contributed by atoms with Gasteiger partial charge in [0.25, 0.3) is 5.91 Å². The number of rotatable bonds is 9. The Morgan fingerprint density at radius 2 is 1.70 bits per heavy atom. The summed E-state index contributed by atoms with van der Waals surface area (Å²) < 4.78 is 1.91. The van der Waals surface area contributed by atoms with Crippen molar-refractivity contribution in [2.24, 2.45) is 0 Å². The first-order valence-electron chi connectivity index (χ1n) is 9.81. The van der Waals surface area contributed by atoms with Crippen LogP contribution < -0.4 is 10.6 Å². The molecule has 30 heavy (non-hydrogen) atoms. The van der Waals surface area contributed by atoms with E-state index in [9.17, 15) is 9.59 Å². The van der Waals surface area contributed by atoms with Gasteiger partial charge in [-0.15, -0.1) is 10.2 Å². The number of carbonyl (C=O) groups is 2. The zero-order valence-corrected chi connectivity index (χ0v) is 17.9. The van der Waals surface area contributed by atoms with Crippen molar-refractivity contribution in [1.29, 1.82) is 0 Å². The largest absolute Gasteiger partial charge is 0.349 e. The average molecular weight is 424 g/mol. The van der Waals surface area contributed by atoms with E-state index in [0.717, 1.165) is 5.56 Å². The summed E-state index contributed by atoms with van der Waals surface area (Å²) in [6.45, 7) is 4.85. The topological polar surface area (TPSA) is 88.9 Å². The van der Waals surface area contributed by atoms with E-state index in [1.807, 2.05) is 66.9 Å². The van der Waals surface area contributed by atoms with Crippen LogP contribution in [0.25, 0.3) is 0 Å². The van der Waals surface area contributed by atoms with Crippen molar-refractivity contribution in [3.05, 3.63) is 77.6 Å². The number of nitrogens with zero attached hydrogens (tertiary/aromatic N) is 3. The molecule has 2 amide bonds. The van der Waals surface area contributed by atoms with Gasteiger partial charge < -0.3 is 15.2 Å². The summed E-state index contributed by atoms with van der Waals surface area (Å²) in [6.07, 6.45) is 0. The van der Waals surface area contributed by atoms with Gasteiger partial charge in [-0.3, -0.25) is 9.59 Å². The summed E-state index contributed by atoms with van der Waals surface area (Å²) in [7, 11) is 0. The van der Waals surface area contributed by atoms with Crippen LogP contribution in [0.4, 0.5) is 0 Å². The second-order valence-electron chi connectivity index (χ2n) is 6.68. The molecule has 7 nitrogen and oxygen atoms in total. The molecule has 3 rings (SSSR count). The number of amides is 2. The van der Waals surface area contributed by atoms with Gasteiger partial charge in [0.15, 0.2) is 11.0 Å². The average Bonchev–Trinajstić information content (AvgIpc) is 3.19. The van der Waals surface area contributed by atoms with Crippen molar-refractivity contribution in [2.45, 2.75) is 38.1 Å². The molecule has 0 saturated heterocycles. The Morgan fingerprint density at radius 3 is 2.37 bits per heavy atom. The normalized spacial score (nSPS) is 11.7. The highest BCUT2D eigenvalue weighted by Gasteiger charge is 2.15. The summed E-state index contributed by atoms with van der Waals surface area (Å²) in [6, 6.07) is 18.8. The Hall–Kier alpha value is -3.13. The van der Waals surface area contributed by atoms with E-state index in [1.165, 1.54) is 11.8 Å². The van der Waals surface area contributed by atoms with Gasteiger partial charge >= 0.3 is 0 Å². The summed E-state index contributed by atoms with van der Waals surface area (Å²) >= 11 is 1.33. The van der Waals surface area contributed by atoms with Gasteiger partial charge in [0.05, 0.1) is 18.3 Å². The number of carbonyl (C=O) groups excluding carboxylic acids is 2. The molecular formula is C22H25N5O2S. The zero-order valence-electron chi connectivity index (χ0n) is 17.0. The number of thioether (sulfide) groups is 1. The van der Waals surface area contributed by atoms with E-state index in [0.29, 0.717) is 23.1 Å². The van der Waals surface area contributed by atoms with Crippen LogP contribution in [0.2, 0.25) is 0 Å². The standard InChI is InChI=1S/C22H25N5O2S/c1-3-27-19(14-23-21(29)18-12-8-5-9-13-18)25-26-22(27)30-15-20(28)24-16(2)17-10-6-4-7-11-17/h4-13,16H,3,14-15H2,1-2H3,(H,23,29)(H,24,28)/t16-/m1/s1. The summed E-state index contributed by atoms with van der Waals surface area (Å²) in [5.74, 6) is 0.666. The van der Waals surface area contributed by atoms with Crippen LogP contribution in [-0.4, -0.2) is 32.3 Å². The third-order valence-corrected chi connectivity index (χ3v) is 5.53. The van der Waals surface area contributed by atoms with E-state index < -0.39 is 0 Å². The number of aromatic nitrogens is 3. The van der Waals surface area contributed by atoms with Crippen LogP contribution in [0.3, 0.4) is 0 Å². The number of hydrogen-bond donors (Lipinski definition) is 2. The van der Waals surface area contributed by atoms with Gasteiger partial charge in [-0.05, 0) is 31.5 Å². The predicted molar refractivity (Wildman–Crippen MR) is 117 cm³/mol. The Kier molecular flexibility index (Phi) is 7.62. The first-order chi connectivity index (χ1) is 14.6.